The minimum atomic E-state index is -0.124. The Morgan fingerprint density at radius 3 is 1.41 bits per heavy atom. The fourth-order valence-electron chi connectivity index (χ4n) is 4.13. The van der Waals surface area contributed by atoms with Crippen molar-refractivity contribution in [2.24, 2.45) is 0 Å². The Morgan fingerprint density at radius 2 is 1.06 bits per heavy atom. The molecule has 0 heterocycles. The molecule has 1 unspecified atom stereocenters. The Morgan fingerprint density at radius 1 is 0.676 bits per heavy atom. The molecule has 0 aliphatic heterocycles. The first kappa shape index (κ1) is 29.0. The summed E-state index contributed by atoms with van der Waals surface area (Å²) in [6, 6.07) is 8.98. The van der Waals surface area contributed by atoms with Crippen LogP contribution >= 0.6 is 23.5 Å². The summed E-state index contributed by atoms with van der Waals surface area (Å²) < 4.78 is 6.19. The molecule has 0 aromatic heterocycles. The van der Waals surface area contributed by atoms with Gasteiger partial charge in [-0.3, -0.25) is 0 Å². The minimum Gasteiger partial charge on any atom is -0.507 e. The Balaban J connectivity index is 2.47. The summed E-state index contributed by atoms with van der Waals surface area (Å²) >= 11 is 3.76. The molecule has 34 heavy (non-hydrogen) atoms. The second-order valence-electron chi connectivity index (χ2n) is 12.7. The lowest BCUT2D eigenvalue weighted by Crippen LogP contribution is -2.17. The molecule has 0 saturated carbocycles. The molecule has 0 aliphatic carbocycles. The number of phenols is 1. The molecule has 2 nitrogen and oxygen atoms in total. The van der Waals surface area contributed by atoms with Crippen LogP contribution in [0.25, 0.3) is 0 Å². The van der Waals surface area contributed by atoms with Crippen molar-refractivity contribution in [1.29, 1.82) is 0 Å². The van der Waals surface area contributed by atoms with Crippen molar-refractivity contribution in [2.75, 3.05) is 7.11 Å². The number of rotatable bonds is 6. The van der Waals surface area contributed by atoms with Gasteiger partial charge in [-0.1, -0.05) is 76.2 Å². The lowest BCUT2D eigenvalue weighted by Gasteiger charge is -2.28. The van der Waals surface area contributed by atoms with Crippen LogP contribution < -0.4 is 4.74 Å². The second-order valence-corrected chi connectivity index (χ2v) is 15.8. The zero-order valence-electron chi connectivity index (χ0n) is 23.6. The van der Waals surface area contributed by atoms with Crippen molar-refractivity contribution >= 4 is 23.5 Å². The molecule has 0 radical (unpaired) electrons. The number of aromatic hydroxyl groups is 1. The Bertz CT molecular complexity index is 967. The molecule has 1 N–H and O–H groups in total. The minimum absolute atomic E-state index is 0.00209. The van der Waals surface area contributed by atoms with Crippen LogP contribution in [0.1, 0.15) is 111 Å². The van der Waals surface area contributed by atoms with E-state index in [9.17, 15) is 5.11 Å². The number of hydrogen-bond donors (Lipinski definition) is 1. The maximum Gasteiger partial charge on any atom is 0.126 e. The van der Waals surface area contributed by atoms with Crippen LogP contribution in [0.2, 0.25) is 0 Å². The number of benzene rings is 2. The second kappa shape index (κ2) is 10.4. The van der Waals surface area contributed by atoms with Crippen molar-refractivity contribution in [3.63, 3.8) is 0 Å². The fraction of sp³-hybridized carbons (Fsp3) is 0.600. The average molecular weight is 503 g/mol. The maximum absolute atomic E-state index is 11.1. The molecular weight excluding hydrogens is 456 g/mol. The van der Waals surface area contributed by atoms with E-state index in [1.54, 1.807) is 7.11 Å². The van der Waals surface area contributed by atoms with Gasteiger partial charge in [0.05, 0.1) is 11.7 Å². The van der Waals surface area contributed by atoms with E-state index in [1.807, 2.05) is 23.5 Å². The zero-order chi connectivity index (χ0) is 26.2. The third-order valence-electron chi connectivity index (χ3n) is 6.03. The third-order valence-corrected chi connectivity index (χ3v) is 8.29. The molecule has 0 aliphatic rings. The van der Waals surface area contributed by atoms with E-state index in [4.69, 9.17) is 4.74 Å². The summed E-state index contributed by atoms with van der Waals surface area (Å²) in [4.78, 5) is 2.49. The van der Waals surface area contributed by atoms with Gasteiger partial charge in [0.25, 0.3) is 0 Å². The molecule has 0 saturated heterocycles. The van der Waals surface area contributed by atoms with E-state index in [1.165, 1.54) is 20.9 Å². The van der Waals surface area contributed by atoms with Crippen molar-refractivity contribution in [2.45, 2.75) is 120 Å². The highest BCUT2D eigenvalue weighted by molar-refractivity contribution is 8.17. The van der Waals surface area contributed by atoms with Gasteiger partial charge in [0.1, 0.15) is 11.5 Å². The van der Waals surface area contributed by atoms with Crippen LogP contribution in [0.5, 0.6) is 11.5 Å². The SMILES string of the molecule is COc1c(C(C)C)cc(SC(C)Sc2cc(C(C)(C)C)c(O)c(C(C)(C)C)c2)cc1C(C)(C)C. The zero-order valence-corrected chi connectivity index (χ0v) is 25.3. The first-order valence-corrected chi connectivity index (χ1v) is 14.1. The van der Waals surface area contributed by atoms with Crippen molar-refractivity contribution in [1.82, 2.24) is 0 Å². The summed E-state index contributed by atoms with van der Waals surface area (Å²) in [5.41, 5.74) is 4.31. The van der Waals surface area contributed by atoms with Crippen molar-refractivity contribution in [3.05, 3.63) is 46.5 Å². The highest BCUT2D eigenvalue weighted by Gasteiger charge is 2.28. The average Bonchev–Trinajstić information content (AvgIpc) is 2.65. The molecule has 1 atom stereocenters. The number of phenolic OH excluding ortho intramolecular Hbond substituents is 1. The smallest absolute Gasteiger partial charge is 0.126 e. The van der Waals surface area contributed by atoms with Gasteiger partial charge < -0.3 is 9.84 Å². The van der Waals surface area contributed by atoms with Gasteiger partial charge in [0.2, 0.25) is 0 Å². The van der Waals surface area contributed by atoms with E-state index in [0.717, 1.165) is 16.9 Å². The standard InChI is InChI=1S/C30H46O2S2/c1-18(2)22-14-20(17-25(27(22)32-13)30(10,11)12)33-19(3)34-21-15-23(28(4,5)6)26(31)24(16-21)29(7,8)9/h14-19,31H,1-13H3. The predicted octanol–water partition coefficient (Wildman–Crippen LogP) is 9.65. The molecule has 0 amide bonds. The van der Waals surface area contributed by atoms with Crippen LogP contribution in [-0.4, -0.2) is 16.8 Å². The first-order chi connectivity index (χ1) is 15.4. The van der Waals surface area contributed by atoms with E-state index in [-0.39, 0.29) is 16.2 Å². The third kappa shape index (κ3) is 6.91. The summed E-state index contributed by atoms with van der Waals surface area (Å²) in [7, 11) is 1.78. The van der Waals surface area contributed by atoms with Crippen LogP contribution in [0, 0.1) is 0 Å². The Kier molecular flexibility index (Phi) is 8.85. The van der Waals surface area contributed by atoms with Crippen LogP contribution in [-0.2, 0) is 16.2 Å². The largest absolute Gasteiger partial charge is 0.507 e. The van der Waals surface area contributed by atoms with Gasteiger partial charge in [0, 0.05) is 26.5 Å². The van der Waals surface area contributed by atoms with E-state index >= 15 is 0 Å². The number of methoxy groups -OCH3 is 1. The van der Waals surface area contributed by atoms with Gasteiger partial charge in [-0.15, -0.1) is 23.5 Å². The fourth-order valence-corrected chi connectivity index (χ4v) is 6.51. The number of hydrogen-bond acceptors (Lipinski definition) is 4. The van der Waals surface area contributed by atoms with Crippen LogP contribution in [0.3, 0.4) is 0 Å². The molecule has 190 valence electrons. The topological polar surface area (TPSA) is 29.5 Å². The van der Waals surface area contributed by atoms with Crippen molar-refractivity contribution in [3.8, 4) is 11.5 Å². The van der Waals surface area contributed by atoms with Crippen LogP contribution in [0.4, 0.5) is 0 Å². The Labute approximate surface area is 217 Å². The first-order valence-electron chi connectivity index (χ1n) is 12.3. The summed E-state index contributed by atoms with van der Waals surface area (Å²) in [5, 5.41) is 11.1. The molecule has 2 aromatic carbocycles. The normalized spacial score (nSPS) is 13.9. The van der Waals surface area contributed by atoms with Crippen molar-refractivity contribution < 1.29 is 9.84 Å². The van der Waals surface area contributed by atoms with E-state index in [0.29, 0.717) is 16.2 Å². The lowest BCUT2D eigenvalue weighted by atomic mass is 9.79. The molecular formula is C30H46O2S2. The summed E-state index contributed by atoms with van der Waals surface area (Å²) in [5.74, 6) is 1.85. The number of ether oxygens (including phenoxy) is 1. The molecule has 0 fully saturated rings. The molecule has 2 aromatic rings. The monoisotopic (exact) mass is 502 g/mol. The lowest BCUT2D eigenvalue weighted by molar-refractivity contribution is 0.390. The highest BCUT2D eigenvalue weighted by atomic mass is 32.2. The molecule has 0 spiro atoms. The van der Waals surface area contributed by atoms with Gasteiger partial charge in [0.15, 0.2) is 0 Å². The van der Waals surface area contributed by atoms with E-state index < -0.39 is 0 Å². The van der Waals surface area contributed by atoms with E-state index in [2.05, 4.69) is 107 Å². The molecule has 2 rings (SSSR count). The molecule has 0 bridgehead atoms. The van der Waals surface area contributed by atoms with Gasteiger partial charge in [-0.25, -0.2) is 0 Å². The van der Waals surface area contributed by atoms with Gasteiger partial charge >= 0.3 is 0 Å². The summed E-state index contributed by atoms with van der Waals surface area (Å²) in [6.45, 7) is 26.5. The van der Waals surface area contributed by atoms with Gasteiger partial charge in [-0.2, -0.15) is 0 Å². The van der Waals surface area contributed by atoms with Gasteiger partial charge in [-0.05, 0) is 58.9 Å². The predicted molar refractivity (Wildman–Crippen MR) is 152 cm³/mol. The molecule has 4 heteroatoms. The highest BCUT2D eigenvalue weighted by Crippen LogP contribution is 2.46. The summed E-state index contributed by atoms with van der Waals surface area (Å²) in [6.07, 6.45) is 0. The maximum atomic E-state index is 11.1. The number of thioether (sulfide) groups is 2. The Hall–Kier alpha value is -1.26. The van der Waals surface area contributed by atoms with Crippen LogP contribution in [0.15, 0.2) is 34.1 Å². The quantitative estimate of drug-likeness (QED) is 0.314.